The minimum absolute atomic E-state index is 0.00722. The Balaban J connectivity index is 2.43. The second-order valence-corrected chi connectivity index (χ2v) is 5.53. The number of carbonyl (C=O) groups is 1. The van der Waals surface area contributed by atoms with Crippen LogP contribution in [0.2, 0.25) is 0 Å². The Morgan fingerprint density at radius 3 is 2.67 bits per heavy atom. The molecule has 0 bridgehead atoms. The molecule has 0 spiro atoms. The summed E-state index contributed by atoms with van der Waals surface area (Å²) < 4.78 is 0. The second-order valence-electron chi connectivity index (χ2n) is 4.10. The predicted octanol–water partition coefficient (Wildman–Crippen LogP) is 3.06. The highest BCUT2D eigenvalue weighted by Gasteiger charge is 2.11. The monoisotopic (exact) mass is 243 g/mol. The first-order valence-electron chi connectivity index (χ1n) is 5.06. The first kappa shape index (κ1) is 12.6. The first-order chi connectivity index (χ1) is 7.00. The van der Waals surface area contributed by atoms with Crippen LogP contribution in [0, 0.1) is 11.8 Å². The summed E-state index contributed by atoms with van der Waals surface area (Å²) in [6.45, 7) is 7.20. The Morgan fingerprint density at radius 2 is 2.20 bits per heavy atom. The third kappa shape index (κ3) is 3.87. The van der Waals surface area contributed by atoms with Gasteiger partial charge in [-0.05, 0) is 17.9 Å². The van der Waals surface area contributed by atoms with Crippen molar-refractivity contribution >= 4 is 29.9 Å². The summed E-state index contributed by atoms with van der Waals surface area (Å²) in [5.41, 5.74) is 0. The lowest BCUT2D eigenvalue weighted by molar-refractivity contribution is 0.0949. The van der Waals surface area contributed by atoms with Crippen molar-refractivity contribution in [2.75, 3.05) is 6.54 Å². The van der Waals surface area contributed by atoms with Gasteiger partial charge in [0.2, 0.25) is 0 Å². The zero-order chi connectivity index (χ0) is 11.4. The molecule has 0 saturated carbocycles. The molecule has 0 aromatic carbocycles. The van der Waals surface area contributed by atoms with E-state index in [1.807, 2.05) is 5.38 Å². The molecule has 1 amide bonds. The molecule has 2 nitrogen and oxygen atoms in total. The van der Waals surface area contributed by atoms with Crippen molar-refractivity contribution in [1.29, 1.82) is 0 Å². The molecule has 15 heavy (non-hydrogen) atoms. The number of hydrogen-bond donors (Lipinski definition) is 2. The van der Waals surface area contributed by atoms with Crippen LogP contribution in [0.15, 0.2) is 16.3 Å². The Bertz CT molecular complexity index is 333. The van der Waals surface area contributed by atoms with Crippen LogP contribution in [0.4, 0.5) is 0 Å². The number of hydrogen-bond acceptors (Lipinski definition) is 3. The molecule has 0 aliphatic carbocycles. The van der Waals surface area contributed by atoms with Crippen LogP contribution in [-0.4, -0.2) is 12.5 Å². The number of thiophene rings is 1. The van der Waals surface area contributed by atoms with Gasteiger partial charge in [-0.15, -0.1) is 24.0 Å². The lowest BCUT2D eigenvalue weighted by Gasteiger charge is -2.15. The smallest absolute Gasteiger partial charge is 0.261 e. The van der Waals surface area contributed by atoms with Gasteiger partial charge in [0.25, 0.3) is 5.91 Å². The summed E-state index contributed by atoms with van der Waals surface area (Å²) >= 11 is 5.60. The van der Waals surface area contributed by atoms with Crippen LogP contribution in [0.25, 0.3) is 0 Å². The molecule has 1 rings (SSSR count). The average Bonchev–Trinajstić information content (AvgIpc) is 2.60. The fourth-order valence-electron chi connectivity index (χ4n) is 1.02. The quantitative estimate of drug-likeness (QED) is 0.782. The van der Waals surface area contributed by atoms with Gasteiger partial charge in [-0.25, -0.2) is 0 Å². The Hall–Kier alpha value is -0.480. The standard InChI is InChI=1S/C11H17NOS2/c1-7(2)8(3)5-12-11(13)10-4-9(14)6-15-10/h4,6-8,14H,5H2,1-3H3,(H,12,13). The highest BCUT2D eigenvalue weighted by Crippen LogP contribution is 2.17. The van der Waals surface area contributed by atoms with Crippen LogP contribution in [0.5, 0.6) is 0 Å². The van der Waals surface area contributed by atoms with Crippen molar-refractivity contribution in [2.45, 2.75) is 25.7 Å². The molecule has 0 fully saturated rings. The van der Waals surface area contributed by atoms with Gasteiger partial charge in [-0.1, -0.05) is 20.8 Å². The molecular formula is C11H17NOS2. The number of amides is 1. The topological polar surface area (TPSA) is 29.1 Å². The zero-order valence-electron chi connectivity index (χ0n) is 9.28. The summed E-state index contributed by atoms with van der Waals surface area (Å²) in [4.78, 5) is 13.2. The highest BCUT2D eigenvalue weighted by molar-refractivity contribution is 7.80. The van der Waals surface area contributed by atoms with Gasteiger partial charge in [-0.3, -0.25) is 4.79 Å². The van der Waals surface area contributed by atoms with E-state index in [0.29, 0.717) is 11.8 Å². The van der Waals surface area contributed by atoms with E-state index in [4.69, 9.17) is 0 Å². The molecule has 0 aliphatic rings. The molecule has 0 aliphatic heterocycles. The van der Waals surface area contributed by atoms with E-state index < -0.39 is 0 Å². The Kier molecular flexibility index (Phi) is 4.67. The molecule has 1 atom stereocenters. The molecule has 1 unspecified atom stereocenters. The molecule has 4 heteroatoms. The number of carbonyl (C=O) groups excluding carboxylic acids is 1. The molecule has 0 radical (unpaired) electrons. The van der Waals surface area contributed by atoms with E-state index >= 15 is 0 Å². The zero-order valence-corrected chi connectivity index (χ0v) is 11.0. The van der Waals surface area contributed by atoms with Gasteiger partial charge in [0.15, 0.2) is 0 Å². The Labute approximate surface area is 100 Å². The minimum atomic E-state index is 0.00722. The lowest BCUT2D eigenvalue weighted by atomic mass is 9.98. The van der Waals surface area contributed by atoms with Crippen LogP contribution in [-0.2, 0) is 0 Å². The molecule has 1 N–H and O–H groups in total. The SMILES string of the molecule is CC(C)C(C)CNC(=O)c1cc(S)cs1. The van der Waals surface area contributed by atoms with Crippen molar-refractivity contribution in [3.8, 4) is 0 Å². The summed E-state index contributed by atoms with van der Waals surface area (Å²) in [7, 11) is 0. The molecule has 0 saturated heterocycles. The van der Waals surface area contributed by atoms with Gasteiger partial charge in [0.1, 0.15) is 0 Å². The van der Waals surface area contributed by atoms with Gasteiger partial charge >= 0.3 is 0 Å². The van der Waals surface area contributed by atoms with E-state index in [2.05, 4.69) is 38.7 Å². The minimum Gasteiger partial charge on any atom is -0.351 e. The predicted molar refractivity (Wildman–Crippen MR) is 67.9 cm³/mol. The molecule has 1 heterocycles. The van der Waals surface area contributed by atoms with Gasteiger partial charge in [0, 0.05) is 16.8 Å². The summed E-state index contributed by atoms with van der Waals surface area (Å²) in [6, 6.07) is 1.79. The molecule has 1 aromatic rings. The van der Waals surface area contributed by atoms with E-state index in [9.17, 15) is 4.79 Å². The lowest BCUT2D eigenvalue weighted by Crippen LogP contribution is -2.29. The normalized spacial score (nSPS) is 12.9. The summed E-state index contributed by atoms with van der Waals surface area (Å²) in [6.07, 6.45) is 0. The van der Waals surface area contributed by atoms with E-state index in [1.54, 1.807) is 6.07 Å². The molecule has 1 aromatic heterocycles. The molecular weight excluding hydrogens is 226 g/mol. The van der Waals surface area contributed by atoms with E-state index in [-0.39, 0.29) is 5.91 Å². The maximum Gasteiger partial charge on any atom is 0.261 e. The van der Waals surface area contributed by atoms with Crippen molar-refractivity contribution < 1.29 is 4.79 Å². The third-order valence-corrected chi connectivity index (χ3v) is 3.89. The van der Waals surface area contributed by atoms with Gasteiger partial charge in [-0.2, -0.15) is 0 Å². The fourth-order valence-corrected chi connectivity index (χ4v) is 2.09. The number of nitrogens with one attached hydrogen (secondary N) is 1. The highest BCUT2D eigenvalue weighted by atomic mass is 32.1. The van der Waals surface area contributed by atoms with Crippen LogP contribution < -0.4 is 5.32 Å². The fraction of sp³-hybridized carbons (Fsp3) is 0.545. The van der Waals surface area contributed by atoms with Gasteiger partial charge < -0.3 is 5.32 Å². The maximum absolute atomic E-state index is 11.7. The largest absolute Gasteiger partial charge is 0.351 e. The van der Waals surface area contributed by atoms with Crippen molar-refractivity contribution in [1.82, 2.24) is 5.32 Å². The van der Waals surface area contributed by atoms with Crippen molar-refractivity contribution in [3.63, 3.8) is 0 Å². The maximum atomic E-state index is 11.7. The third-order valence-electron chi connectivity index (χ3n) is 2.53. The van der Waals surface area contributed by atoms with Gasteiger partial charge in [0.05, 0.1) is 4.88 Å². The second kappa shape index (κ2) is 5.56. The molecule has 84 valence electrons. The van der Waals surface area contributed by atoms with Crippen molar-refractivity contribution in [2.24, 2.45) is 11.8 Å². The Morgan fingerprint density at radius 1 is 1.53 bits per heavy atom. The van der Waals surface area contributed by atoms with E-state index in [1.165, 1.54) is 11.3 Å². The first-order valence-corrected chi connectivity index (χ1v) is 6.39. The summed E-state index contributed by atoms with van der Waals surface area (Å²) in [5.74, 6) is 1.10. The average molecular weight is 243 g/mol. The van der Waals surface area contributed by atoms with E-state index in [0.717, 1.165) is 16.3 Å². The van der Waals surface area contributed by atoms with Crippen molar-refractivity contribution in [3.05, 3.63) is 16.3 Å². The van der Waals surface area contributed by atoms with Crippen LogP contribution in [0.3, 0.4) is 0 Å². The van der Waals surface area contributed by atoms with Crippen LogP contribution >= 0.6 is 24.0 Å². The summed E-state index contributed by atoms with van der Waals surface area (Å²) in [5, 5.41) is 4.80. The number of thiol groups is 1. The number of rotatable bonds is 4. The van der Waals surface area contributed by atoms with Crippen LogP contribution in [0.1, 0.15) is 30.4 Å².